The molecule has 146 valence electrons. The maximum atomic E-state index is 13.0. The number of piperazine rings is 1. The van der Waals surface area contributed by atoms with Crippen LogP contribution >= 0.6 is 23.1 Å². The SMILES string of the molecule is O=C(c1sccc1SC(F)F)N1CCN(S(=O)(=O)c2ccc(F)cc2)CC1. The molecule has 1 aliphatic rings. The Morgan fingerprint density at radius 2 is 1.70 bits per heavy atom. The summed E-state index contributed by atoms with van der Waals surface area (Å²) in [6.45, 7) is 0.453. The molecular weight excluding hydrogens is 421 g/mol. The fourth-order valence-corrected chi connectivity index (χ4v) is 5.76. The molecule has 0 N–H and O–H groups in total. The lowest BCUT2D eigenvalue weighted by molar-refractivity contribution is 0.0699. The lowest BCUT2D eigenvalue weighted by Gasteiger charge is -2.34. The third-order valence-corrected chi connectivity index (χ3v) is 7.73. The van der Waals surface area contributed by atoms with E-state index < -0.39 is 21.6 Å². The first-order valence-electron chi connectivity index (χ1n) is 7.86. The monoisotopic (exact) mass is 436 g/mol. The van der Waals surface area contributed by atoms with Gasteiger partial charge >= 0.3 is 0 Å². The molecule has 0 radical (unpaired) electrons. The summed E-state index contributed by atoms with van der Waals surface area (Å²) in [6, 6.07) is 6.02. The second kappa shape index (κ2) is 8.21. The number of thiophene rings is 1. The topological polar surface area (TPSA) is 57.7 Å². The highest BCUT2D eigenvalue weighted by atomic mass is 32.2. The molecule has 1 fully saturated rings. The largest absolute Gasteiger partial charge is 0.335 e. The van der Waals surface area contributed by atoms with E-state index in [-0.39, 0.29) is 46.8 Å². The van der Waals surface area contributed by atoms with Crippen molar-refractivity contribution in [2.45, 2.75) is 15.5 Å². The van der Waals surface area contributed by atoms with E-state index in [2.05, 4.69) is 0 Å². The number of rotatable bonds is 5. The van der Waals surface area contributed by atoms with E-state index in [1.165, 1.54) is 27.4 Å². The number of hydrogen-bond donors (Lipinski definition) is 0. The van der Waals surface area contributed by atoms with Crippen LogP contribution in [-0.4, -0.2) is 55.5 Å². The first kappa shape index (κ1) is 20.2. The molecule has 0 aliphatic carbocycles. The predicted octanol–water partition coefficient (Wildman–Crippen LogP) is 3.35. The Labute approximate surface area is 162 Å². The minimum atomic E-state index is -3.78. The van der Waals surface area contributed by atoms with Gasteiger partial charge in [0.15, 0.2) is 0 Å². The van der Waals surface area contributed by atoms with Gasteiger partial charge in [-0.2, -0.15) is 13.1 Å². The second-order valence-corrected chi connectivity index (χ2v) is 9.53. The molecule has 5 nitrogen and oxygen atoms in total. The number of benzene rings is 1. The Hall–Kier alpha value is -1.56. The number of thioether (sulfide) groups is 1. The summed E-state index contributed by atoms with van der Waals surface area (Å²) >= 11 is 1.41. The van der Waals surface area contributed by atoms with Crippen LogP contribution < -0.4 is 0 Å². The zero-order valence-corrected chi connectivity index (χ0v) is 16.3. The molecule has 0 spiro atoms. The molecule has 1 aromatic heterocycles. The zero-order valence-electron chi connectivity index (χ0n) is 13.8. The van der Waals surface area contributed by atoms with Crippen LogP contribution in [0.4, 0.5) is 13.2 Å². The van der Waals surface area contributed by atoms with Gasteiger partial charge in [-0.15, -0.1) is 11.3 Å². The highest BCUT2D eigenvalue weighted by Gasteiger charge is 2.31. The van der Waals surface area contributed by atoms with Crippen molar-refractivity contribution >= 4 is 39.0 Å². The molecule has 0 saturated carbocycles. The zero-order chi connectivity index (χ0) is 19.6. The van der Waals surface area contributed by atoms with Gasteiger partial charge in [0.05, 0.1) is 4.90 Å². The summed E-state index contributed by atoms with van der Waals surface area (Å²) in [4.78, 5) is 14.5. The maximum absolute atomic E-state index is 13.0. The fraction of sp³-hybridized carbons (Fsp3) is 0.312. The van der Waals surface area contributed by atoms with Crippen LogP contribution in [0, 0.1) is 5.82 Å². The maximum Gasteiger partial charge on any atom is 0.288 e. The summed E-state index contributed by atoms with van der Waals surface area (Å²) in [5.41, 5.74) is 0. The highest BCUT2D eigenvalue weighted by molar-refractivity contribution is 7.99. The van der Waals surface area contributed by atoms with Gasteiger partial charge < -0.3 is 4.90 Å². The number of sulfonamides is 1. The van der Waals surface area contributed by atoms with Crippen molar-refractivity contribution in [1.82, 2.24) is 9.21 Å². The van der Waals surface area contributed by atoms with E-state index >= 15 is 0 Å². The van der Waals surface area contributed by atoms with E-state index in [0.717, 1.165) is 23.5 Å². The van der Waals surface area contributed by atoms with Crippen molar-refractivity contribution in [3.8, 4) is 0 Å². The van der Waals surface area contributed by atoms with E-state index in [1.807, 2.05) is 0 Å². The first-order chi connectivity index (χ1) is 12.8. The van der Waals surface area contributed by atoms with Gasteiger partial charge in [0.2, 0.25) is 10.0 Å². The molecule has 1 aliphatic heterocycles. The van der Waals surface area contributed by atoms with E-state index in [0.29, 0.717) is 11.8 Å². The average molecular weight is 437 g/mol. The van der Waals surface area contributed by atoms with E-state index in [4.69, 9.17) is 0 Å². The number of hydrogen-bond acceptors (Lipinski definition) is 5. The van der Waals surface area contributed by atoms with Gasteiger partial charge in [-0.1, -0.05) is 11.8 Å². The number of carbonyl (C=O) groups excluding carboxylic acids is 1. The van der Waals surface area contributed by atoms with Gasteiger partial charge in [-0.05, 0) is 35.7 Å². The van der Waals surface area contributed by atoms with Crippen molar-refractivity contribution in [2.75, 3.05) is 26.2 Å². The smallest absolute Gasteiger partial charge is 0.288 e. The van der Waals surface area contributed by atoms with Crippen molar-refractivity contribution in [3.63, 3.8) is 0 Å². The molecule has 0 unspecified atom stereocenters. The Morgan fingerprint density at radius 1 is 1.07 bits per heavy atom. The average Bonchev–Trinajstić information content (AvgIpc) is 3.09. The number of alkyl halides is 2. The van der Waals surface area contributed by atoms with Crippen LogP contribution in [0.15, 0.2) is 45.5 Å². The normalized spacial score (nSPS) is 16.1. The molecule has 1 amide bonds. The van der Waals surface area contributed by atoms with Gasteiger partial charge in [-0.3, -0.25) is 4.79 Å². The Kier molecular flexibility index (Phi) is 6.14. The van der Waals surface area contributed by atoms with E-state index in [9.17, 15) is 26.4 Å². The lowest BCUT2D eigenvalue weighted by atomic mass is 10.3. The summed E-state index contributed by atoms with van der Waals surface area (Å²) < 4.78 is 64.6. The molecule has 0 atom stereocenters. The number of halogens is 3. The lowest BCUT2D eigenvalue weighted by Crippen LogP contribution is -2.50. The van der Waals surface area contributed by atoms with Crippen LogP contribution in [-0.2, 0) is 10.0 Å². The van der Waals surface area contributed by atoms with Gasteiger partial charge in [0.25, 0.3) is 11.7 Å². The second-order valence-electron chi connectivity index (χ2n) is 5.64. The molecular formula is C16H15F3N2O3S3. The van der Waals surface area contributed by atoms with Crippen molar-refractivity contribution in [2.24, 2.45) is 0 Å². The van der Waals surface area contributed by atoms with E-state index in [1.54, 1.807) is 5.38 Å². The van der Waals surface area contributed by atoms with Crippen LogP contribution in [0.5, 0.6) is 0 Å². The van der Waals surface area contributed by atoms with Gasteiger partial charge in [0.1, 0.15) is 10.7 Å². The molecule has 2 aromatic rings. The Bertz CT molecular complexity index is 908. The first-order valence-corrected chi connectivity index (χ1v) is 11.1. The third-order valence-electron chi connectivity index (χ3n) is 4.02. The number of nitrogens with zero attached hydrogens (tertiary/aromatic N) is 2. The molecule has 1 saturated heterocycles. The van der Waals surface area contributed by atoms with Crippen LogP contribution in [0.1, 0.15) is 9.67 Å². The van der Waals surface area contributed by atoms with Crippen LogP contribution in [0.25, 0.3) is 0 Å². The molecule has 11 heteroatoms. The molecule has 3 rings (SSSR count). The summed E-state index contributed by atoms with van der Waals surface area (Å²) in [5.74, 6) is -3.53. The van der Waals surface area contributed by atoms with Crippen molar-refractivity contribution in [1.29, 1.82) is 0 Å². The Balaban J connectivity index is 1.67. The highest BCUT2D eigenvalue weighted by Crippen LogP contribution is 2.33. The number of carbonyl (C=O) groups is 1. The predicted molar refractivity (Wildman–Crippen MR) is 97.2 cm³/mol. The van der Waals surface area contributed by atoms with Crippen LogP contribution in [0.2, 0.25) is 0 Å². The third kappa shape index (κ3) is 4.48. The molecule has 1 aromatic carbocycles. The quantitative estimate of drug-likeness (QED) is 0.675. The summed E-state index contributed by atoms with van der Waals surface area (Å²) in [6.07, 6.45) is 0. The number of amides is 1. The summed E-state index contributed by atoms with van der Waals surface area (Å²) in [5, 5.41) is 1.58. The summed E-state index contributed by atoms with van der Waals surface area (Å²) in [7, 11) is -3.78. The van der Waals surface area contributed by atoms with Gasteiger partial charge in [-0.25, -0.2) is 12.8 Å². The van der Waals surface area contributed by atoms with Gasteiger partial charge in [0, 0.05) is 31.1 Å². The molecule has 27 heavy (non-hydrogen) atoms. The van der Waals surface area contributed by atoms with Crippen molar-refractivity contribution in [3.05, 3.63) is 46.4 Å². The fourth-order valence-electron chi connectivity index (χ4n) is 2.67. The Morgan fingerprint density at radius 3 is 2.30 bits per heavy atom. The standard InChI is InChI=1S/C16H15F3N2O3S3/c17-11-1-3-12(4-2-11)27(23,24)21-8-6-20(7-9-21)15(22)14-13(5-10-25-14)26-16(18)19/h1-5,10,16H,6-9H2. The van der Waals surface area contributed by atoms with Crippen LogP contribution in [0.3, 0.4) is 0 Å². The van der Waals surface area contributed by atoms with Crippen molar-refractivity contribution < 1.29 is 26.4 Å². The minimum absolute atomic E-state index is 0.0162. The molecule has 2 heterocycles. The minimum Gasteiger partial charge on any atom is -0.335 e. The molecule has 0 bridgehead atoms.